The topological polar surface area (TPSA) is 21.3 Å². The molecule has 1 N–H and O–H groups in total. The SMILES string of the molecule is CCCCOCC(NCCC)C1CCCCC1. The average Bonchev–Trinajstić information content (AvgIpc) is 2.39. The third kappa shape index (κ3) is 6.42. The maximum absolute atomic E-state index is 5.82. The van der Waals surface area contributed by atoms with E-state index in [2.05, 4.69) is 19.2 Å². The largest absolute Gasteiger partial charge is 0.380 e. The number of ether oxygens (including phenoxy) is 1. The minimum absolute atomic E-state index is 0.604. The van der Waals surface area contributed by atoms with Crippen LogP contribution in [-0.4, -0.2) is 25.8 Å². The average molecular weight is 241 g/mol. The van der Waals surface area contributed by atoms with E-state index >= 15 is 0 Å². The first-order valence-corrected chi connectivity index (χ1v) is 7.69. The van der Waals surface area contributed by atoms with Gasteiger partial charge >= 0.3 is 0 Å². The Kier molecular flexibility index (Phi) is 8.72. The van der Waals surface area contributed by atoms with E-state index in [9.17, 15) is 0 Å². The molecule has 1 atom stereocenters. The minimum Gasteiger partial charge on any atom is -0.380 e. The van der Waals surface area contributed by atoms with Gasteiger partial charge in [-0.1, -0.05) is 39.5 Å². The molecular weight excluding hydrogens is 210 g/mol. The molecule has 1 saturated carbocycles. The summed E-state index contributed by atoms with van der Waals surface area (Å²) >= 11 is 0. The molecule has 0 aromatic carbocycles. The molecule has 0 aromatic heterocycles. The van der Waals surface area contributed by atoms with E-state index in [1.807, 2.05) is 0 Å². The Morgan fingerprint density at radius 3 is 2.53 bits per heavy atom. The van der Waals surface area contributed by atoms with Crippen molar-refractivity contribution in [1.82, 2.24) is 5.32 Å². The Morgan fingerprint density at radius 1 is 1.12 bits per heavy atom. The van der Waals surface area contributed by atoms with Gasteiger partial charge in [0.1, 0.15) is 0 Å². The summed E-state index contributed by atoms with van der Waals surface area (Å²) in [5.41, 5.74) is 0. The van der Waals surface area contributed by atoms with Crippen molar-refractivity contribution in [2.24, 2.45) is 5.92 Å². The van der Waals surface area contributed by atoms with Gasteiger partial charge in [-0.05, 0) is 38.1 Å². The van der Waals surface area contributed by atoms with Crippen LogP contribution in [0.3, 0.4) is 0 Å². The van der Waals surface area contributed by atoms with E-state index in [-0.39, 0.29) is 0 Å². The molecule has 1 aliphatic carbocycles. The fourth-order valence-electron chi connectivity index (χ4n) is 2.68. The number of unbranched alkanes of at least 4 members (excludes halogenated alkanes) is 1. The molecule has 1 fully saturated rings. The lowest BCUT2D eigenvalue weighted by Gasteiger charge is -2.31. The Morgan fingerprint density at radius 2 is 1.88 bits per heavy atom. The summed E-state index contributed by atoms with van der Waals surface area (Å²) in [7, 11) is 0. The van der Waals surface area contributed by atoms with Gasteiger partial charge in [-0.15, -0.1) is 0 Å². The molecule has 1 aliphatic rings. The third-order valence-corrected chi connectivity index (χ3v) is 3.82. The first-order valence-electron chi connectivity index (χ1n) is 7.69. The van der Waals surface area contributed by atoms with Crippen LogP contribution < -0.4 is 5.32 Å². The Bertz CT molecular complexity index is 166. The van der Waals surface area contributed by atoms with E-state index in [0.29, 0.717) is 6.04 Å². The highest BCUT2D eigenvalue weighted by Crippen LogP contribution is 2.26. The number of nitrogens with one attached hydrogen (secondary N) is 1. The van der Waals surface area contributed by atoms with Gasteiger partial charge < -0.3 is 10.1 Å². The minimum atomic E-state index is 0.604. The zero-order valence-electron chi connectivity index (χ0n) is 11.8. The summed E-state index contributed by atoms with van der Waals surface area (Å²) in [5.74, 6) is 0.858. The van der Waals surface area contributed by atoms with Crippen LogP contribution in [0.4, 0.5) is 0 Å². The monoisotopic (exact) mass is 241 g/mol. The zero-order valence-corrected chi connectivity index (χ0v) is 11.8. The van der Waals surface area contributed by atoms with Crippen molar-refractivity contribution < 1.29 is 4.74 Å². The summed E-state index contributed by atoms with van der Waals surface area (Å²) in [5, 5.41) is 3.69. The van der Waals surface area contributed by atoms with Crippen LogP contribution in [0.15, 0.2) is 0 Å². The lowest BCUT2D eigenvalue weighted by molar-refractivity contribution is 0.0825. The van der Waals surface area contributed by atoms with Crippen molar-refractivity contribution in [3.63, 3.8) is 0 Å². The highest BCUT2D eigenvalue weighted by Gasteiger charge is 2.22. The van der Waals surface area contributed by atoms with Crippen LogP contribution in [0.2, 0.25) is 0 Å². The summed E-state index contributed by atoms with van der Waals surface area (Å²) in [4.78, 5) is 0. The molecule has 2 heteroatoms. The lowest BCUT2D eigenvalue weighted by Crippen LogP contribution is -2.41. The molecule has 17 heavy (non-hydrogen) atoms. The number of hydrogen-bond donors (Lipinski definition) is 1. The van der Waals surface area contributed by atoms with Crippen LogP contribution in [0.1, 0.15) is 65.2 Å². The van der Waals surface area contributed by atoms with E-state index < -0.39 is 0 Å². The lowest BCUT2D eigenvalue weighted by atomic mass is 9.84. The van der Waals surface area contributed by atoms with Crippen LogP contribution >= 0.6 is 0 Å². The van der Waals surface area contributed by atoms with Gasteiger partial charge in [0.25, 0.3) is 0 Å². The van der Waals surface area contributed by atoms with E-state index in [1.165, 1.54) is 51.4 Å². The predicted octanol–water partition coefficient (Wildman–Crippen LogP) is 3.75. The molecule has 0 heterocycles. The third-order valence-electron chi connectivity index (χ3n) is 3.82. The van der Waals surface area contributed by atoms with Crippen molar-refractivity contribution >= 4 is 0 Å². The molecule has 0 amide bonds. The quantitative estimate of drug-likeness (QED) is 0.621. The smallest absolute Gasteiger partial charge is 0.0622 e. The maximum Gasteiger partial charge on any atom is 0.0622 e. The second kappa shape index (κ2) is 9.90. The molecule has 0 bridgehead atoms. The van der Waals surface area contributed by atoms with Crippen molar-refractivity contribution in [2.75, 3.05) is 19.8 Å². The zero-order chi connectivity index (χ0) is 12.3. The van der Waals surface area contributed by atoms with Gasteiger partial charge in [0.15, 0.2) is 0 Å². The first kappa shape index (κ1) is 15.0. The van der Waals surface area contributed by atoms with Gasteiger partial charge in [-0.25, -0.2) is 0 Å². The van der Waals surface area contributed by atoms with Crippen molar-refractivity contribution in [3.8, 4) is 0 Å². The standard InChI is InChI=1S/C15H31NO/c1-3-5-12-17-13-15(16-11-4-2)14-9-7-6-8-10-14/h14-16H,3-13H2,1-2H3. The van der Waals surface area contributed by atoms with Crippen molar-refractivity contribution in [2.45, 2.75) is 71.3 Å². The summed E-state index contributed by atoms with van der Waals surface area (Å²) in [6.45, 7) is 7.46. The summed E-state index contributed by atoms with van der Waals surface area (Å²) < 4.78 is 5.82. The highest BCUT2D eigenvalue weighted by molar-refractivity contribution is 4.79. The van der Waals surface area contributed by atoms with Gasteiger partial charge in [0, 0.05) is 12.6 Å². The molecule has 0 aliphatic heterocycles. The van der Waals surface area contributed by atoms with Gasteiger partial charge in [0.2, 0.25) is 0 Å². The molecule has 1 rings (SSSR count). The summed E-state index contributed by atoms with van der Waals surface area (Å²) in [6.07, 6.45) is 10.7. The van der Waals surface area contributed by atoms with Crippen LogP contribution in [0, 0.1) is 5.92 Å². The highest BCUT2D eigenvalue weighted by atomic mass is 16.5. The molecule has 1 unspecified atom stereocenters. The van der Waals surface area contributed by atoms with Crippen LogP contribution in [0.5, 0.6) is 0 Å². The van der Waals surface area contributed by atoms with E-state index in [0.717, 1.165) is 25.7 Å². The number of rotatable bonds is 9. The molecular formula is C15H31NO. The van der Waals surface area contributed by atoms with Gasteiger partial charge in [-0.2, -0.15) is 0 Å². The predicted molar refractivity (Wildman–Crippen MR) is 74.4 cm³/mol. The van der Waals surface area contributed by atoms with E-state index in [1.54, 1.807) is 0 Å². The second-order valence-corrected chi connectivity index (χ2v) is 5.39. The van der Waals surface area contributed by atoms with Crippen molar-refractivity contribution in [3.05, 3.63) is 0 Å². The second-order valence-electron chi connectivity index (χ2n) is 5.39. The Balaban J connectivity index is 2.25. The van der Waals surface area contributed by atoms with Crippen LogP contribution in [0.25, 0.3) is 0 Å². The van der Waals surface area contributed by atoms with E-state index in [4.69, 9.17) is 4.74 Å². The van der Waals surface area contributed by atoms with Crippen molar-refractivity contribution in [1.29, 1.82) is 0 Å². The first-order chi connectivity index (χ1) is 8.38. The van der Waals surface area contributed by atoms with Gasteiger partial charge in [-0.3, -0.25) is 0 Å². The Hall–Kier alpha value is -0.0800. The normalized spacial score (nSPS) is 19.4. The maximum atomic E-state index is 5.82. The van der Waals surface area contributed by atoms with Crippen LogP contribution in [-0.2, 0) is 4.74 Å². The van der Waals surface area contributed by atoms with Gasteiger partial charge in [0.05, 0.1) is 6.61 Å². The summed E-state index contributed by atoms with van der Waals surface area (Å²) in [6, 6.07) is 0.604. The molecule has 0 saturated heterocycles. The molecule has 102 valence electrons. The number of hydrogen-bond acceptors (Lipinski definition) is 2. The molecule has 2 nitrogen and oxygen atoms in total. The fourth-order valence-corrected chi connectivity index (χ4v) is 2.68. The molecule has 0 aromatic rings. The molecule has 0 radical (unpaired) electrons. The fraction of sp³-hybridized carbons (Fsp3) is 1.00. The molecule has 0 spiro atoms. The Labute approximate surface area is 108 Å².